The molecule has 0 amide bonds. The second kappa shape index (κ2) is 8.92. The van der Waals surface area contributed by atoms with Crippen LogP contribution in [0.5, 0.6) is 0 Å². The van der Waals surface area contributed by atoms with E-state index >= 15 is 0 Å². The molecule has 3 aliphatic rings. The number of rotatable bonds is 7. The van der Waals surface area contributed by atoms with Crippen LogP contribution in [0.15, 0.2) is 0 Å². The summed E-state index contributed by atoms with van der Waals surface area (Å²) >= 11 is 0. The first-order valence-corrected chi connectivity index (χ1v) is 11.6. The summed E-state index contributed by atoms with van der Waals surface area (Å²) < 4.78 is 0. The van der Waals surface area contributed by atoms with Gasteiger partial charge in [-0.15, -0.1) is 0 Å². The van der Waals surface area contributed by atoms with Crippen molar-refractivity contribution >= 4 is 0 Å². The van der Waals surface area contributed by atoms with Crippen molar-refractivity contribution in [2.75, 3.05) is 0 Å². The first-order chi connectivity index (χ1) is 12.2. The second-order valence-corrected chi connectivity index (χ2v) is 9.84. The molecule has 1 heteroatoms. The van der Waals surface area contributed by atoms with Gasteiger partial charge in [-0.05, 0) is 81.0 Å². The van der Waals surface area contributed by atoms with Crippen LogP contribution in [0, 0.1) is 46.3 Å². The predicted molar refractivity (Wildman–Crippen MR) is 106 cm³/mol. The summed E-state index contributed by atoms with van der Waals surface area (Å²) in [6, 6.07) is 2.76. The van der Waals surface area contributed by atoms with E-state index in [1.165, 1.54) is 83.5 Å². The minimum absolute atomic E-state index is 0.0409. The fraction of sp³-hybridized carbons (Fsp3) is 0.958. The number of nitrogens with zero attached hydrogens (tertiary/aromatic N) is 1. The molecule has 3 aliphatic carbocycles. The molecule has 3 rings (SSSR count). The normalized spacial score (nSPS) is 40.8. The van der Waals surface area contributed by atoms with Crippen molar-refractivity contribution in [3.05, 3.63) is 0 Å². The number of hydrogen-bond acceptors (Lipinski definition) is 1. The van der Waals surface area contributed by atoms with Crippen molar-refractivity contribution in [2.24, 2.45) is 35.0 Å². The van der Waals surface area contributed by atoms with Crippen molar-refractivity contribution in [1.82, 2.24) is 0 Å². The highest BCUT2D eigenvalue weighted by molar-refractivity contribution is 5.06. The van der Waals surface area contributed by atoms with Gasteiger partial charge in [0, 0.05) is 0 Å². The lowest BCUT2D eigenvalue weighted by Gasteiger charge is -2.52. The van der Waals surface area contributed by atoms with Crippen LogP contribution in [0.4, 0.5) is 0 Å². The highest BCUT2D eigenvalue weighted by atomic mass is 14.5. The third-order valence-electron chi connectivity index (χ3n) is 8.25. The predicted octanol–water partition coefficient (Wildman–Crippen LogP) is 7.51. The average Bonchev–Trinajstić information content (AvgIpc) is 2.65. The van der Waals surface area contributed by atoms with Gasteiger partial charge < -0.3 is 0 Å². The van der Waals surface area contributed by atoms with E-state index in [-0.39, 0.29) is 5.41 Å². The zero-order valence-electron chi connectivity index (χ0n) is 16.9. The Morgan fingerprint density at radius 1 is 0.880 bits per heavy atom. The van der Waals surface area contributed by atoms with Crippen molar-refractivity contribution in [1.29, 1.82) is 5.26 Å². The van der Waals surface area contributed by atoms with Crippen LogP contribution in [-0.4, -0.2) is 0 Å². The van der Waals surface area contributed by atoms with Crippen molar-refractivity contribution in [2.45, 2.75) is 110 Å². The van der Waals surface area contributed by atoms with Gasteiger partial charge in [-0.2, -0.15) is 5.26 Å². The lowest BCUT2D eigenvalue weighted by atomic mass is 9.52. The SMILES string of the molecule is CCCCCC[C@@H]1CCC2C(CCC3C[C@](C#N)(CCC)CCC32)C1. The number of unbranched alkanes of at least 4 members (excludes halogenated alkanes) is 3. The Balaban J connectivity index is 1.52. The molecule has 0 spiro atoms. The van der Waals surface area contributed by atoms with Gasteiger partial charge in [-0.1, -0.05) is 58.8 Å². The van der Waals surface area contributed by atoms with Crippen LogP contribution in [0.1, 0.15) is 110 Å². The summed E-state index contributed by atoms with van der Waals surface area (Å²) in [6.07, 6.45) is 20.8. The maximum absolute atomic E-state index is 9.80. The lowest BCUT2D eigenvalue weighted by Crippen LogP contribution is -2.44. The Kier molecular flexibility index (Phi) is 6.87. The molecule has 3 saturated carbocycles. The minimum Gasteiger partial charge on any atom is -0.198 e. The van der Waals surface area contributed by atoms with Crippen molar-refractivity contribution in [3.8, 4) is 6.07 Å². The summed E-state index contributed by atoms with van der Waals surface area (Å²) in [6.45, 7) is 4.57. The van der Waals surface area contributed by atoms with Gasteiger partial charge in [0.2, 0.25) is 0 Å². The average molecular weight is 344 g/mol. The highest BCUT2D eigenvalue weighted by Gasteiger charge is 2.48. The summed E-state index contributed by atoms with van der Waals surface area (Å²) in [5.41, 5.74) is 0.0409. The van der Waals surface area contributed by atoms with Gasteiger partial charge in [0.05, 0.1) is 11.5 Å². The molecule has 142 valence electrons. The van der Waals surface area contributed by atoms with Gasteiger partial charge in [0.15, 0.2) is 0 Å². The fourth-order valence-electron chi connectivity index (χ4n) is 7.01. The first kappa shape index (κ1) is 19.3. The maximum atomic E-state index is 9.80. The molecule has 0 aromatic carbocycles. The molecule has 4 unspecified atom stereocenters. The molecule has 0 aliphatic heterocycles. The molecule has 3 fully saturated rings. The van der Waals surface area contributed by atoms with Crippen LogP contribution in [0.2, 0.25) is 0 Å². The number of fused-ring (bicyclic) bond motifs is 3. The Bertz CT molecular complexity index is 450. The summed E-state index contributed by atoms with van der Waals surface area (Å²) in [7, 11) is 0. The summed E-state index contributed by atoms with van der Waals surface area (Å²) in [5, 5.41) is 9.80. The minimum atomic E-state index is 0.0409. The molecule has 0 radical (unpaired) electrons. The quantitative estimate of drug-likeness (QED) is 0.439. The summed E-state index contributed by atoms with van der Waals surface area (Å²) in [4.78, 5) is 0. The van der Waals surface area contributed by atoms with Gasteiger partial charge in [0.1, 0.15) is 0 Å². The van der Waals surface area contributed by atoms with E-state index in [1.807, 2.05) is 0 Å². The van der Waals surface area contributed by atoms with Crippen LogP contribution in [0.3, 0.4) is 0 Å². The monoisotopic (exact) mass is 343 g/mol. The highest BCUT2D eigenvalue weighted by Crippen LogP contribution is 2.57. The van der Waals surface area contributed by atoms with Crippen LogP contribution in [0.25, 0.3) is 0 Å². The van der Waals surface area contributed by atoms with E-state index < -0.39 is 0 Å². The Hall–Kier alpha value is -0.510. The van der Waals surface area contributed by atoms with Crippen LogP contribution >= 0.6 is 0 Å². The van der Waals surface area contributed by atoms with Gasteiger partial charge in [-0.3, -0.25) is 0 Å². The van der Waals surface area contributed by atoms with Crippen LogP contribution < -0.4 is 0 Å². The molecule has 0 saturated heterocycles. The van der Waals surface area contributed by atoms with Crippen molar-refractivity contribution < 1.29 is 0 Å². The Labute approximate surface area is 157 Å². The van der Waals surface area contributed by atoms with E-state index in [1.54, 1.807) is 6.42 Å². The smallest absolute Gasteiger partial charge is 0.0689 e. The second-order valence-electron chi connectivity index (χ2n) is 9.84. The number of nitriles is 1. The fourth-order valence-corrected chi connectivity index (χ4v) is 7.01. The molecule has 25 heavy (non-hydrogen) atoms. The molecule has 0 heterocycles. The zero-order valence-corrected chi connectivity index (χ0v) is 16.9. The third-order valence-corrected chi connectivity index (χ3v) is 8.25. The maximum Gasteiger partial charge on any atom is 0.0689 e. The molecule has 6 atom stereocenters. The molecule has 0 aromatic rings. The topological polar surface area (TPSA) is 23.8 Å². The van der Waals surface area contributed by atoms with E-state index in [0.717, 1.165) is 36.0 Å². The Morgan fingerprint density at radius 3 is 2.44 bits per heavy atom. The van der Waals surface area contributed by atoms with E-state index in [4.69, 9.17) is 0 Å². The standard InChI is InChI=1S/C24H41N/c1-3-5-6-7-8-19-9-12-22-20(16-19)10-11-21-17-24(18-25,14-4-2)15-13-23(21)22/h19-23H,3-17H2,1-2H3/t19-,20?,21?,22?,23?,24+/m1/s1. The molecule has 0 aromatic heterocycles. The van der Waals surface area contributed by atoms with E-state index in [9.17, 15) is 5.26 Å². The van der Waals surface area contributed by atoms with Crippen LogP contribution in [-0.2, 0) is 0 Å². The first-order valence-electron chi connectivity index (χ1n) is 11.6. The third kappa shape index (κ3) is 4.43. The lowest BCUT2D eigenvalue weighted by molar-refractivity contribution is -0.0178. The molecule has 0 bridgehead atoms. The van der Waals surface area contributed by atoms with E-state index in [2.05, 4.69) is 19.9 Å². The van der Waals surface area contributed by atoms with Gasteiger partial charge in [0.25, 0.3) is 0 Å². The molecule has 0 N–H and O–H groups in total. The molecular weight excluding hydrogens is 302 g/mol. The largest absolute Gasteiger partial charge is 0.198 e. The van der Waals surface area contributed by atoms with Gasteiger partial charge >= 0.3 is 0 Å². The van der Waals surface area contributed by atoms with E-state index in [0.29, 0.717) is 0 Å². The number of hydrogen-bond donors (Lipinski definition) is 0. The van der Waals surface area contributed by atoms with Gasteiger partial charge in [-0.25, -0.2) is 0 Å². The molecule has 1 nitrogen and oxygen atoms in total. The molecular formula is C24H41N. The summed E-state index contributed by atoms with van der Waals surface area (Å²) in [5.74, 6) is 4.94. The van der Waals surface area contributed by atoms with Crippen molar-refractivity contribution in [3.63, 3.8) is 0 Å². The zero-order chi connectivity index (χ0) is 17.7. The Morgan fingerprint density at radius 2 is 1.68 bits per heavy atom.